The fourth-order valence-corrected chi connectivity index (χ4v) is 2.72. The topological polar surface area (TPSA) is 82.8 Å². The first kappa shape index (κ1) is 16.6. The van der Waals surface area contributed by atoms with Gasteiger partial charge in [-0.2, -0.15) is 4.98 Å². The fraction of sp³-hybridized carbons (Fsp3) is 0.412. The number of hydrogen-bond acceptors (Lipinski definition) is 6. The Morgan fingerprint density at radius 3 is 2.79 bits per heavy atom. The second-order valence-corrected chi connectivity index (χ2v) is 5.54. The Hall–Kier alpha value is -2.22. The van der Waals surface area contributed by atoms with Crippen LogP contribution in [-0.2, 0) is 16.1 Å². The van der Waals surface area contributed by atoms with E-state index in [2.05, 4.69) is 4.98 Å². The van der Waals surface area contributed by atoms with Crippen LogP contribution < -0.4 is 10.4 Å². The molecule has 3 rings (SSSR count). The summed E-state index contributed by atoms with van der Waals surface area (Å²) < 4.78 is 18.0. The monoisotopic (exact) mass is 332 g/mol. The highest BCUT2D eigenvalue weighted by Crippen LogP contribution is 2.30. The highest BCUT2D eigenvalue weighted by Gasteiger charge is 2.37. The lowest BCUT2D eigenvalue weighted by Crippen LogP contribution is -2.28. The van der Waals surface area contributed by atoms with E-state index in [0.29, 0.717) is 13.0 Å². The highest BCUT2D eigenvalue weighted by molar-refractivity contribution is 5.13. The molecule has 0 amide bonds. The zero-order valence-corrected chi connectivity index (χ0v) is 13.4. The van der Waals surface area contributed by atoms with Crippen molar-refractivity contribution in [3.05, 3.63) is 58.6 Å². The highest BCUT2D eigenvalue weighted by atomic mass is 16.6. The van der Waals surface area contributed by atoms with Gasteiger partial charge < -0.3 is 19.3 Å². The maximum absolute atomic E-state index is 12.1. The molecule has 1 aromatic heterocycles. The van der Waals surface area contributed by atoms with Gasteiger partial charge in [-0.1, -0.05) is 30.3 Å². The normalized spacial score (nSPS) is 23.3. The molecule has 0 unspecified atom stereocenters. The van der Waals surface area contributed by atoms with Crippen molar-refractivity contribution in [1.29, 1.82) is 0 Å². The minimum absolute atomic E-state index is 0.172. The lowest BCUT2D eigenvalue weighted by molar-refractivity contribution is -0.0658. The van der Waals surface area contributed by atoms with Gasteiger partial charge in [-0.05, 0) is 5.56 Å². The fourth-order valence-electron chi connectivity index (χ4n) is 2.72. The van der Waals surface area contributed by atoms with Gasteiger partial charge in [-0.15, -0.1) is 0 Å². The van der Waals surface area contributed by atoms with Crippen LogP contribution in [0.2, 0.25) is 0 Å². The van der Waals surface area contributed by atoms with E-state index in [1.54, 1.807) is 12.3 Å². The third kappa shape index (κ3) is 3.64. The van der Waals surface area contributed by atoms with Crippen molar-refractivity contribution in [3.63, 3.8) is 0 Å². The van der Waals surface area contributed by atoms with Crippen molar-refractivity contribution in [2.75, 3.05) is 13.7 Å². The summed E-state index contributed by atoms with van der Waals surface area (Å²) in [5, 5.41) is 9.52. The maximum atomic E-state index is 12.1. The molecule has 128 valence electrons. The quantitative estimate of drug-likeness (QED) is 0.853. The Labute approximate surface area is 139 Å². The van der Waals surface area contributed by atoms with Gasteiger partial charge in [0.2, 0.25) is 5.88 Å². The molecule has 1 aromatic carbocycles. The van der Waals surface area contributed by atoms with Crippen molar-refractivity contribution in [3.8, 4) is 5.88 Å². The number of nitrogens with zero attached hydrogens (tertiary/aromatic N) is 2. The summed E-state index contributed by atoms with van der Waals surface area (Å²) in [6.07, 6.45) is 0.745. The predicted octanol–water partition coefficient (Wildman–Crippen LogP) is 1.12. The second kappa shape index (κ2) is 7.57. The molecule has 2 aromatic rings. The summed E-state index contributed by atoms with van der Waals surface area (Å²) in [6, 6.07) is 11.4. The molecule has 0 radical (unpaired) electrons. The van der Waals surface area contributed by atoms with Crippen LogP contribution in [0.5, 0.6) is 5.88 Å². The number of aromatic nitrogens is 2. The minimum atomic E-state index is -0.520. The van der Waals surface area contributed by atoms with E-state index in [-0.39, 0.29) is 18.6 Å². The van der Waals surface area contributed by atoms with Gasteiger partial charge in [0.25, 0.3) is 0 Å². The lowest BCUT2D eigenvalue weighted by Gasteiger charge is -2.16. The molecule has 1 aliphatic heterocycles. The molecule has 0 aliphatic carbocycles. The van der Waals surface area contributed by atoms with Crippen LogP contribution >= 0.6 is 0 Å². The SMILES string of the molecule is COc1ccn([C@H]2C[C@@H](OCc3ccccc3)[C@@H](CO)O2)c(=O)n1. The Morgan fingerprint density at radius 1 is 1.33 bits per heavy atom. The van der Waals surface area contributed by atoms with Crippen LogP contribution in [0.3, 0.4) is 0 Å². The Morgan fingerprint density at radius 2 is 2.12 bits per heavy atom. The first-order valence-corrected chi connectivity index (χ1v) is 7.76. The first-order valence-electron chi connectivity index (χ1n) is 7.76. The number of aliphatic hydroxyl groups is 1. The van der Waals surface area contributed by atoms with Crippen LogP contribution in [0.1, 0.15) is 18.2 Å². The zero-order chi connectivity index (χ0) is 16.9. The first-order chi connectivity index (χ1) is 11.7. The largest absolute Gasteiger partial charge is 0.481 e. The van der Waals surface area contributed by atoms with Gasteiger partial charge in [0.15, 0.2) is 0 Å². The molecule has 0 bridgehead atoms. The molecule has 1 aliphatic rings. The standard InChI is InChI=1S/C17H20N2O5/c1-22-15-7-8-19(17(21)18-15)16-9-13(14(10-20)24-16)23-11-12-5-3-2-4-6-12/h2-8,13-14,16,20H,9-11H2,1H3/t13-,14-,16-/m1/s1. The molecule has 1 saturated heterocycles. The number of rotatable bonds is 6. The van der Waals surface area contributed by atoms with Gasteiger partial charge in [0.05, 0.1) is 26.4 Å². The average Bonchev–Trinajstić information content (AvgIpc) is 3.03. The molecule has 1 N–H and O–H groups in total. The zero-order valence-electron chi connectivity index (χ0n) is 13.4. The van der Waals surface area contributed by atoms with E-state index in [1.165, 1.54) is 11.7 Å². The van der Waals surface area contributed by atoms with E-state index < -0.39 is 18.0 Å². The average molecular weight is 332 g/mol. The van der Waals surface area contributed by atoms with Gasteiger partial charge in [-0.25, -0.2) is 4.79 Å². The number of ether oxygens (including phenoxy) is 3. The van der Waals surface area contributed by atoms with Crippen molar-refractivity contribution >= 4 is 0 Å². The number of aliphatic hydroxyl groups excluding tert-OH is 1. The van der Waals surface area contributed by atoms with Crippen LogP contribution in [0.15, 0.2) is 47.4 Å². The van der Waals surface area contributed by atoms with E-state index in [1.807, 2.05) is 30.3 Å². The van der Waals surface area contributed by atoms with Gasteiger partial charge in [0, 0.05) is 18.7 Å². The Bertz CT molecular complexity index is 718. The summed E-state index contributed by atoms with van der Waals surface area (Å²) in [5.41, 5.74) is 0.584. The number of hydrogen-bond donors (Lipinski definition) is 1. The number of methoxy groups -OCH3 is 1. The Kier molecular flexibility index (Phi) is 5.24. The van der Waals surface area contributed by atoms with Gasteiger partial charge in [-0.3, -0.25) is 4.57 Å². The van der Waals surface area contributed by atoms with Crippen LogP contribution in [0, 0.1) is 0 Å². The molecule has 7 nitrogen and oxygen atoms in total. The lowest BCUT2D eigenvalue weighted by atomic mass is 10.1. The summed E-state index contributed by atoms with van der Waals surface area (Å²) >= 11 is 0. The van der Waals surface area contributed by atoms with Crippen LogP contribution in [-0.4, -0.2) is 40.6 Å². The molecule has 24 heavy (non-hydrogen) atoms. The molecule has 3 atom stereocenters. The van der Waals surface area contributed by atoms with Crippen LogP contribution in [0.25, 0.3) is 0 Å². The van der Waals surface area contributed by atoms with E-state index in [0.717, 1.165) is 5.56 Å². The molecule has 0 saturated carbocycles. The summed E-state index contributed by atoms with van der Waals surface area (Å²) in [6.45, 7) is 0.252. The van der Waals surface area contributed by atoms with Crippen molar-refractivity contribution < 1.29 is 19.3 Å². The number of benzene rings is 1. The Balaban J connectivity index is 1.69. The van der Waals surface area contributed by atoms with Gasteiger partial charge in [0.1, 0.15) is 12.3 Å². The van der Waals surface area contributed by atoms with E-state index in [9.17, 15) is 9.90 Å². The maximum Gasteiger partial charge on any atom is 0.352 e. The third-order valence-corrected chi connectivity index (χ3v) is 3.99. The summed E-state index contributed by atoms with van der Waals surface area (Å²) in [7, 11) is 1.45. The van der Waals surface area contributed by atoms with E-state index in [4.69, 9.17) is 14.2 Å². The van der Waals surface area contributed by atoms with Gasteiger partial charge >= 0.3 is 5.69 Å². The third-order valence-electron chi connectivity index (χ3n) is 3.99. The molecule has 0 spiro atoms. The molecule has 1 fully saturated rings. The van der Waals surface area contributed by atoms with Crippen molar-refractivity contribution in [2.24, 2.45) is 0 Å². The summed E-state index contributed by atoms with van der Waals surface area (Å²) in [5.74, 6) is 0.254. The molecular weight excluding hydrogens is 312 g/mol. The smallest absolute Gasteiger partial charge is 0.352 e. The van der Waals surface area contributed by atoms with Crippen molar-refractivity contribution in [2.45, 2.75) is 31.5 Å². The molecular formula is C17H20N2O5. The van der Waals surface area contributed by atoms with Crippen molar-refractivity contribution in [1.82, 2.24) is 9.55 Å². The van der Waals surface area contributed by atoms with E-state index >= 15 is 0 Å². The minimum Gasteiger partial charge on any atom is -0.481 e. The molecule has 7 heteroatoms. The summed E-state index contributed by atoms with van der Waals surface area (Å²) in [4.78, 5) is 15.9. The molecule has 2 heterocycles. The second-order valence-electron chi connectivity index (χ2n) is 5.54. The van der Waals surface area contributed by atoms with Crippen LogP contribution in [0.4, 0.5) is 0 Å². The predicted molar refractivity (Wildman–Crippen MR) is 85.7 cm³/mol.